The average molecular weight is 267 g/mol. The summed E-state index contributed by atoms with van der Waals surface area (Å²) in [6, 6.07) is 8.04. The zero-order valence-electron chi connectivity index (χ0n) is 10.8. The van der Waals surface area contributed by atoms with Crippen molar-refractivity contribution < 1.29 is 4.79 Å². The van der Waals surface area contributed by atoms with E-state index in [1.165, 1.54) is 0 Å². The standard InChI is InChI=1S/C14H19ClN2O/c1-10(14(18)16-13-6-7-13)17(2)9-11-4-3-5-12(15)8-11/h3-5,8,10,13H,6-7,9H2,1-2H3,(H,16,18)/t10-/m1/s1. The molecule has 0 saturated heterocycles. The lowest BCUT2D eigenvalue weighted by molar-refractivity contribution is -0.125. The molecule has 0 unspecified atom stereocenters. The Morgan fingerprint density at radius 2 is 2.28 bits per heavy atom. The Balaban J connectivity index is 1.89. The first-order chi connectivity index (χ1) is 8.56. The molecule has 1 aliphatic rings. The molecule has 98 valence electrons. The number of hydrogen-bond donors (Lipinski definition) is 1. The highest BCUT2D eigenvalue weighted by atomic mass is 35.5. The van der Waals surface area contributed by atoms with Crippen molar-refractivity contribution in [3.63, 3.8) is 0 Å². The number of rotatable bonds is 5. The minimum absolute atomic E-state index is 0.113. The first-order valence-electron chi connectivity index (χ1n) is 6.31. The predicted octanol–water partition coefficient (Wildman–Crippen LogP) is 2.44. The molecule has 1 fully saturated rings. The summed E-state index contributed by atoms with van der Waals surface area (Å²) >= 11 is 5.95. The van der Waals surface area contributed by atoms with E-state index in [9.17, 15) is 4.79 Å². The molecule has 0 heterocycles. The number of carbonyl (C=O) groups excluding carboxylic acids is 1. The molecule has 1 aliphatic carbocycles. The van der Waals surface area contributed by atoms with Crippen LogP contribution in [0.25, 0.3) is 0 Å². The summed E-state index contributed by atoms with van der Waals surface area (Å²) in [6.45, 7) is 2.65. The molecule has 1 aromatic carbocycles. The molecule has 0 bridgehead atoms. The highest BCUT2D eigenvalue weighted by Crippen LogP contribution is 2.19. The van der Waals surface area contributed by atoms with Crippen molar-refractivity contribution in [1.82, 2.24) is 10.2 Å². The van der Waals surface area contributed by atoms with Crippen molar-refractivity contribution >= 4 is 17.5 Å². The minimum atomic E-state index is -0.121. The third-order valence-corrected chi connectivity index (χ3v) is 3.52. The number of benzene rings is 1. The molecule has 4 heteroatoms. The Morgan fingerprint density at radius 1 is 1.56 bits per heavy atom. The van der Waals surface area contributed by atoms with Crippen molar-refractivity contribution in [3.8, 4) is 0 Å². The lowest BCUT2D eigenvalue weighted by atomic mass is 10.2. The van der Waals surface area contributed by atoms with Crippen LogP contribution in [0.15, 0.2) is 24.3 Å². The molecule has 1 amide bonds. The fourth-order valence-electron chi connectivity index (χ4n) is 1.81. The van der Waals surface area contributed by atoms with Gasteiger partial charge in [0.25, 0.3) is 0 Å². The van der Waals surface area contributed by atoms with Gasteiger partial charge in [0.15, 0.2) is 0 Å². The van der Waals surface area contributed by atoms with E-state index in [0.717, 1.165) is 30.0 Å². The van der Waals surface area contributed by atoms with Gasteiger partial charge in [-0.05, 0) is 44.5 Å². The maximum Gasteiger partial charge on any atom is 0.237 e. The second-order valence-corrected chi connectivity index (χ2v) is 5.44. The maximum atomic E-state index is 11.9. The van der Waals surface area contributed by atoms with E-state index in [4.69, 9.17) is 11.6 Å². The van der Waals surface area contributed by atoms with Gasteiger partial charge in [-0.15, -0.1) is 0 Å². The molecule has 3 nitrogen and oxygen atoms in total. The van der Waals surface area contributed by atoms with Crippen molar-refractivity contribution in [2.45, 2.75) is 38.4 Å². The first kappa shape index (κ1) is 13.4. The lowest BCUT2D eigenvalue weighted by Crippen LogP contribution is -2.43. The number of carbonyl (C=O) groups is 1. The van der Waals surface area contributed by atoms with Crippen LogP contribution in [-0.2, 0) is 11.3 Å². The van der Waals surface area contributed by atoms with Gasteiger partial charge in [-0.3, -0.25) is 9.69 Å². The maximum absolute atomic E-state index is 11.9. The molecule has 0 spiro atoms. The zero-order chi connectivity index (χ0) is 13.1. The second kappa shape index (κ2) is 5.72. The Hall–Kier alpha value is -1.06. The zero-order valence-corrected chi connectivity index (χ0v) is 11.6. The van der Waals surface area contributed by atoms with E-state index >= 15 is 0 Å². The Bertz CT molecular complexity index is 432. The molecular formula is C14H19ClN2O. The average Bonchev–Trinajstić information content (AvgIpc) is 3.11. The van der Waals surface area contributed by atoms with E-state index < -0.39 is 0 Å². The summed E-state index contributed by atoms with van der Waals surface area (Å²) in [5, 5.41) is 3.76. The van der Waals surface area contributed by atoms with Crippen LogP contribution >= 0.6 is 11.6 Å². The van der Waals surface area contributed by atoms with Crippen LogP contribution in [0.1, 0.15) is 25.3 Å². The summed E-state index contributed by atoms with van der Waals surface area (Å²) in [7, 11) is 1.96. The van der Waals surface area contributed by atoms with Crippen LogP contribution < -0.4 is 5.32 Å². The number of nitrogens with zero attached hydrogens (tertiary/aromatic N) is 1. The molecule has 1 aromatic rings. The first-order valence-corrected chi connectivity index (χ1v) is 6.69. The topological polar surface area (TPSA) is 32.3 Å². The summed E-state index contributed by atoms with van der Waals surface area (Å²) in [6.07, 6.45) is 2.24. The fourth-order valence-corrected chi connectivity index (χ4v) is 2.02. The number of halogens is 1. The van der Waals surface area contributed by atoms with Crippen molar-refractivity contribution in [2.24, 2.45) is 0 Å². The van der Waals surface area contributed by atoms with Crippen molar-refractivity contribution in [1.29, 1.82) is 0 Å². The van der Waals surface area contributed by atoms with Gasteiger partial charge < -0.3 is 5.32 Å². The van der Waals surface area contributed by atoms with Gasteiger partial charge in [0.05, 0.1) is 6.04 Å². The fraction of sp³-hybridized carbons (Fsp3) is 0.500. The molecule has 1 N–H and O–H groups in total. The normalized spacial score (nSPS) is 16.7. The smallest absolute Gasteiger partial charge is 0.237 e. The predicted molar refractivity (Wildman–Crippen MR) is 73.5 cm³/mol. The largest absolute Gasteiger partial charge is 0.352 e. The van der Waals surface area contributed by atoms with Crippen LogP contribution in [0, 0.1) is 0 Å². The van der Waals surface area contributed by atoms with Crippen molar-refractivity contribution in [3.05, 3.63) is 34.9 Å². The highest BCUT2D eigenvalue weighted by molar-refractivity contribution is 6.30. The Kier molecular flexibility index (Phi) is 4.25. The van der Waals surface area contributed by atoms with Crippen LogP contribution in [0.4, 0.5) is 0 Å². The SMILES string of the molecule is C[C@H](C(=O)NC1CC1)N(C)Cc1cccc(Cl)c1. The summed E-state index contributed by atoms with van der Waals surface area (Å²) in [5.41, 5.74) is 1.12. The molecule has 0 radical (unpaired) electrons. The van der Waals surface area contributed by atoms with E-state index in [0.29, 0.717) is 6.04 Å². The van der Waals surface area contributed by atoms with E-state index in [2.05, 4.69) is 5.32 Å². The lowest BCUT2D eigenvalue weighted by Gasteiger charge is -2.24. The van der Waals surface area contributed by atoms with Crippen LogP contribution in [0.5, 0.6) is 0 Å². The Morgan fingerprint density at radius 3 is 2.89 bits per heavy atom. The van der Waals surface area contributed by atoms with E-state index in [1.54, 1.807) is 0 Å². The molecule has 1 atom stereocenters. The molecule has 18 heavy (non-hydrogen) atoms. The van der Waals surface area contributed by atoms with E-state index in [-0.39, 0.29) is 11.9 Å². The van der Waals surface area contributed by atoms with Crippen LogP contribution in [-0.4, -0.2) is 29.9 Å². The summed E-state index contributed by atoms with van der Waals surface area (Å²) in [5.74, 6) is 0.113. The third kappa shape index (κ3) is 3.72. The van der Waals surface area contributed by atoms with Gasteiger partial charge in [0, 0.05) is 17.6 Å². The third-order valence-electron chi connectivity index (χ3n) is 3.29. The Labute approximate surface area is 113 Å². The molecule has 0 aliphatic heterocycles. The summed E-state index contributed by atoms with van der Waals surface area (Å²) < 4.78 is 0. The van der Waals surface area contributed by atoms with Crippen LogP contribution in [0.3, 0.4) is 0 Å². The van der Waals surface area contributed by atoms with Gasteiger partial charge in [0.2, 0.25) is 5.91 Å². The van der Waals surface area contributed by atoms with Crippen molar-refractivity contribution in [2.75, 3.05) is 7.05 Å². The molecule has 0 aromatic heterocycles. The molecular weight excluding hydrogens is 248 g/mol. The van der Waals surface area contributed by atoms with E-state index in [1.807, 2.05) is 43.1 Å². The highest BCUT2D eigenvalue weighted by Gasteiger charge is 2.27. The van der Waals surface area contributed by atoms with Crippen LogP contribution in [0.2, 0.25) is 5.02 Å². The molecule has 2 rings (SSSR count). The minimum Gasteiger partial charge on any atom is -0.352 e. The van der Waals surface area contributed by atoms with Gasteiger partial charge in [-0.2, -0.15) is 0 Å². The quantitative estimate of drug-likeness (QED) is 0.888. The molecule has 1 saturated carbocycles. The second-order valence-electron chi connectivity index (χ2n) is 5.00. The number of likely N-dealkylation sites (N-methyl/N-ethyl adjacent to an activating group) is 1. The van der Waals surface area contributed by atoms with Gasteiger partial charge in [0.1, 0.15) is 0 Å². The number of nitrogens with one attached hydrogen (secondary N) is 1. The summed E-state index contributed by atoms with van der Waals surface area (Å²) in [4.78, 5) is 13.9. The van der Waals surface area contributed by atoms with Gasteiger partial charge in [-0.1, -0.05) is 23.7 Å². The monoisotopic (exact) mass is 266 g/mol. The van der Waals surface area contributed by atoms with Gasteiger partial charge in [-0.25, -0.2) is 0 Å². The number of amides is 1. The number of hydrogen-bond acceptors (Lipinski definition) is 2. The van der Waals surface area contributed by atoms with Gasteiger partial charge >= 0.3 is 0 Å².